The van der Waals surface area contributed by atoms with Gasteiger partial charge in [-0.05, 0) is 61.7 Å². The lowest BCUT2D eigenvalue weighted by atomic mass is 10.0. The Balaban J connectivity index is 2.99. The molecular weight excluding hydrogens is 282 g/mol. The van der Waals surface area contributed by atoms with E-state index in [1.54, 1.807) is 0 Å². The average molecular weight is 300 g/mol. The fourth-order valence-electron chi connectivity index (χ4n) is 1.75. The molecule has 0 aliphatic heterocycles. The van der Waals surface area contributed by atoms with Crippen LogP contribution in [0.4, 0.5) is 0 Å². The molecule has 0 saturated carbocycles. The Hall–Kier alpha value is -0.900. The molecule has 94 valence electrons. The van der Waals surface area contributed by atoms with Crippen molar-refractivity contribution in [1.29, 1.82) is 0 Å². The zero-order valence-electron chi connectivity index (χ0n) is 10.9. The van der Waals surface area contributed by atoms with Gasteiger partial charge in [0, 0.05) is 10.2 Å². The number of carbonyl (C=O) groups is 1. The molecule has 0 N–H and O–H groups in total. The molecule has 1 heterocycles. The van der Waals surface area contributed by atoms with E-state index in [0.29, 0.717) is 0 Å². The Labute approximate surface area is 111 Å². The number of esters is 1. The van der Waals surface area contributed by atoms with Crippen LogP contribution in [0.5, 0.6) is 0 Å². The number of hydrogen-bond acceptors (Lipinski definition) is 3. The first-order chi connectivity index (χ1) is 7.82. The number of halogens is 1. The quantitative estimate of drug-likeness (QED) is 0.804. The van der Waals surface area contributed by atoms with Gasteiger partial charge < -0.3 is 4.74 Å². The predicted octanol–water partition coefficient (Wildman–Crippen LogP) is 3.26. The van der Waals surface area contributed by atoms with Crippen LogP contribution in [0.15, 0.2) is 4.47 Å². The first-order valence-electron chi connectivity index (χ1n) is 5.64. The predicted molar refractivity (Wildman–Crippen MR) is 71.1 cm³/mol. The van der Waals surface area contributed by atoms with Gasteiger partial charge in [0.25, 0.3) is 0 Å². The summed E-state index contributed by atoms with van der Waals surface area (Å²) in [5.41, 5.74) is 3.86. The van der Waals surface area contributed by atoms with E-state index < -0.39 is 0 Å². The summed E-state index contributed by atoms with van der Waals surface area (Å²) in [4.78, 5) is 16.1. The maximum Gasteiger partial charge on any atom is 0.310 e. The second-order valence-corrected chi connectivity index (χ2v) is 5.21. The molecule has 3 nitrogen and oxygen atoms in total. The number of aromatic nitrogens is 1. The highest BCUT2D eigenvalue weighted by Crippen LogP contribution is 2.25. The highest BCUT2D eigenvalue weighted by molar-refractivity contribution is 9.10. The smallest absolute Gasteiger partial charge is 0.310 e. The maximum absolute atomic E-state index is 11.7. The maximum atomic E-state index is 11.7. The van der Waals surface area contributed by atoms with E-state index in [2.05, 4.69) is 20.9 Å². The second kappa shape index (κ2) is 5.63. The van der Waals surface area contributed by atoms with Gasteiger partial charge >= 0.3 is 5.97 Å². The molecular formula is C13H18BrNO2. The van der Waals surface area contributed by atoms with Crippen LogP contribution < -0.4 is 0 Å². The molecule has 0 atom stereocenters. The summed E-state index contributed by atoms with van der Waals surface area (Å²) in [5, 5.41) is 0. The molecule has 4 heteroatoms. The number of hydrogen-bond donors (Lipinski definition) is 0. The summed E-state index contributed by atoms with van der Waals surface area (Å²) in [7, 11) is 0. The molecule has 0 unspecified atom stereocenters. The van der Waals surface area contributed by atoms with Crippen molar-refractivity contribution in [2.24, 2.45) is 0 Å². The number of ether oxygens (including phenoxy) is 1. The van der Waals surface area contributed by atoms with Gasteiger partial charge in [0.15, 0.2) is 0 Å². The Morgan fingerprint density at radius 1 is 1.29 bits per heavy atom. The third kappa shape index (κ3) is 3.53. The second-order valence-electron chi connectivity index (χ2n) is 4.42. The largest absolute Gasteiger partial charge is 0.463 e. The monoisotopic (exact) mass is 299 g/mol. The van der Waals surface area contributed by atoms with Crippen molar-refractivity contribution in [2.45, 2.75) is 47.1 Å². The standard InChI is InChI=1S/C13H18BrNO2/c1-7(2)17-12(16)6-11-8(3)13(14)10(5)15-9(11)4/h7H,6H2,1-5H3. The fourth-order valence-corrected chi connectivity index (χ4v) is 2.08. The lowest BCUT2D eigenvalue weighted by Crippen LogP contribution is -2.15. The average Bonchev–Trinajstić information content (AvgIpc) is 2.20. The number of rotatable bonds is 3. The molecule has 0 amide bonds. The Morgan fingerprint density at radius 2 is 1.88 bits per heavy atom. The van der Waals surface area contributed by atoms with Gasteiger partial charge in [0.1, 0.15) is 0 Å². The third-order valence-corrected chi connectivity index (χ3v) is 3.73. The van der Waals surface area contributed by atoms with Crippen LogP contribution in [0.2, 0.25) is 0 Å². The van der Waals surface area contributed by atoms with Crippen LogP contribution in [0, 0.1) is 20.8 Å². The van der Waals surface area contributed by atoms with Crippen LogP contribution >= 0.6 is 15.9 Å². The molecule has 1 rings (SSSR count). The van der Waals surface area contributed by atoms with Crippen molar-refractivity contribution in [3.8, 4) is 0 Å². The van der Waals surface area contributed by atoms with E-state index in [1.807, 2.05) is 34.6 Å². The van der Waals surface area contributed by atoms with Gasteiger partial charge in [-0.1, -0.05) is 0 Å². The van der Waals surface area contributed by atoms with Crippen molar-refractivity contribution < 1.29 is 9.53 Å². The Bertz CT molecular complexity index is 442. The van der Waals surface area contributed by atoms with Crippen molar-refractivity contribution in [2.75, 3.05) is 0 Å². The van der Waals surface area contributed by atoms with Gasteiger partial charge in [-0.3, -0.25) is 9.78 Å². The Kier molecular flexibility index (Phi) is 4.69. The van der Waals surface area contributed by atoms with Crippen molar-refractivity contribution in [3.63, 3.8) is 0 Å². The lowest BCUT2D eigenvalue weighted by Gasteiger charge is -2.13. The molecule has 17 heavy (non-hydrogen) atoms. The summed E-state index contributed by atoms with van der Waals surface area (Å²) in [5.74, 6) is -0.205. The Morgan fingerprint density at radius 3 is 2.41 bits per heavy atom. The first kappa shape index (κ1) is 14.2. The fraction of sp³-hybridized carbons (Fsp3) is 0.538. The van der Waals surface area contributed by atoms with E-state index in [0.717, 1.165) is 27.0 Å². The zero-order chi connectivity index (χ0) is 13.2. The minimum Gasteiger partial charge on any atom is -0.463 e. The van der Waals surface area contributed by atoms with Crippen LogP contribution in [0.1, 0.15) is 36.4 Å². The molecule has 0 spiro atoms. The van der Waals surface area contributed by atoms with Crippen molar-refractivity contribution >= 4 is 21.9 Å². The van der Waals surface area contributed by atoms with Gasteiger partial charge in [-0.25, -0.2) is 0 Å². The molecule has 0 saturated heterocycles. The van der Waals surface area contributed by atoms with Crippen molar-refractivity contribution in [3.05, 3.63) is 27.0 Å². The van der Waals surface area contributed by atoms with E-state index >= 15 is 0 Å². The molecule has 0 radical (unpaired) electrons. The zero-order valence-corrected chi connectivity index (χ0v) is 12.5. The summed E-state index contributed by atoms with van der Waals surface area (Å²) >= 11 is 3.49. The summed E-state index contributed by atoms with van der Waals surface area (Å²) in [6, 6.07) is 0. The molecule has 1 aromatic rings. The molecule has 0 bridgehead atoms. The number of nitrogens with zero attached hydrogens (tertiary/aromatic N) is 1. The lowest BCUT2D eigenvalue weighted by molar-refractivity contribution is -0.146. The van der Waals surface area contributed by atoms with Gasteiger partial charge in [-0.15, -0.1) is 0 Å². The van der Waals surface area contributed by atoms with Crippen LogP contribution in [-0.4, -0.2) is 17.1 Å². The van der Waals surface area contributed by atoms with Crippen molar-refractivity contribution in [1.82, 2.24) is 4.98 Å². The highest BCUT2D eigenvalue weighted by atomic mass is 79.9. The van der Waals surface area contributed by atoms with Gasteiger partial charge in [0.2, 0.25) is 0 Å². The number of carbonyl (C=O) groups excluding carboxylic acids is 1. The van der Waals surface area contributed by atoms with E-state index in [-0.39, 0.29) is 18.5 Å². The van der Waals surface area contributed by atoms with Gasteiger partial charge in [0.05, 0.1) is 18.2 Å². The molecule has 0 fully saturated rings. The van der Waals surface area contributed by atoms with E-state index in [9.17, 15) is 4.79 Å². The van der Waals surface area contributed by atoms with E-state index in [4.69, 9.17) is 4.74 Å². The normalized spacial score (nSPS) is 10.8. The van der Waals surface area contributed by atoms with Crippen LogP contribution in [-0.2, 0) is 16.0 Å². The topological polar surface area (TPSA) is 39.2 Å². The highest BCUT2D eigenvalue weighted by Gasteiger charge is 2.15. The summed E-state index contributed by atoms with van der Waals surface area (Å²) in [6.07, 6.45) is 0.201. The molecule has 0 aromatic carbocycles. The molecule has 0 aliphatic rings. The van der Waals surface area contributed by atoms with E-state index in [1.165, 1.54) is 0 Å². The number of pyridine rings is 1. The summed E-state index contributed by atoms with van der Waals surface area (Å²) < 4.78 is 6.12. The molecule has 0 aliphatic carbocycles. The molecule has 1 aromatic heterocycles. The third-order valence-electron chi connectivity index (χ3n) is 2.56. The minimum atomic E-state index is -0.205. The van der Waals surface area contributed by atoms with Crippen LogP contribution in [0.25, 0.3) is 0 Å². The van der Waals surface area contributed by atoms with Gasteiger partial charge in [-0.2, -0.15) is 0 Å². The first-order valence-corrected chi connectivity index (χ1v) is 6.43. The number of aryl methyl sites for hydroxylation is 2. The summed E-state index contributed by atoms with van der Waals surface area (Å²) in [6.45, 7) is 9.55. The van der Waals surface area contributed by atoms with Crippen LogP contribution in [0.3, 0.4) is 0 Å². The SMILES string of the molecule is Cc1nc(C)c(CC(=O)OC(C)C)c(C)c1Br. The minimum absolute atomic E-state index is 0.0787.